The lowest BCUT2D eigenvalue weighted by Crippen LogP contribution is -2.09. The van der Waals surface area contributed by atoms with E-state index < -0.39 is 10.0 Å². The Bertz CT molecular complexity index is 1160. The predicted octanol–water partition coefficient (Wildman–Crippen LogP) is 4.92. The second-order valence-corrected chi connectivity index (χ2v) is 7.85. The van der Waals surface area contributed by atoms with Crippen LogP contribution in [0.1, 0.15) is 0 Å². The molecule has 27 heavy (non-hydrogen) atoms. The summed E-state index contributed by atoms with van der Waals surface area (Å²) in [6.07, 6.45) is 1.13. The van der Waals surface area contributed by atoms with Crippen LogP contribution in [0.4, 0.5) is 17.1 Å². The van der Waals surface area contributed by atoms with E-state index in [2.05, 4.69) is 10.0 Å². The summed E-state index contributed by atoms with van der Waals surface area (Å²) in [7, 11) is -3.29. The van der Waals surface area contributed by atoms with Crippen LogP contribution in [0.15, 0.2) is 72.8 Å². The van der Waals surface area contributed by atoms with E-state index in [0.717, 1.165) is 39.4 Å². The number of hydrogen-bond acceptors (Lipinski definition) is 4. The van der Waals surface area contributed by atoms with E-state index in [1.807, 2.05) is 60.7 Å². The number of halogens is 1. The molecule has 0 aliphatic rings. The number of sulfonamides is 1. The summed E-state index contributed by atoms with van der Waals surface area (Å²) in [6, 6.07) is 23.1. The molecule has 4 rings (SSSR count). The Morgan fingerprint density at radius 2 is 1.22 bits per heavy atom. The quantitative estimate of drug-likeness (QED) is 0.477. The Kier molecular flexibility index (Phi) is 5.21. The van der Waals surface area contributed by atoms with Crippen molar-refractivity contribution in [2.24, 2.45) is 0 Å². The van der Waals surface area contributed by atoms with E-state index in [1.165, 1.54) is 0 Å². The smallest absolute Gasteiger partial charge is 0.229 e. The molecule has 0 amide bonds. The molecule has 3 aromatic carbocycles. The number of nitrogens with zero attached hydrogens (tertiary/aromatic N) is 1. The van der Waals surface area contributed by atoms with Crippen LogP contribution in [0.25, 0.3) is 21.8 Å². The maximum atomic E-state index is 11.3. The van der Waals surface area contributed by atoms with Crippen LogP contribution in [0.2, 0.25) is 0 Å². The molecule has 0 aliphatic carbocycles. The van der Waals surface area contributed by atoms with Gasteiger partial charge in [-0.05, 0) is 36.4 Å². The summed E-state index contributed by atoms with van der Waals surface area (Å²) in [5.74, 6) is 0. The minimum absolute atomic E-state index is 0. The molecule has 0 fully saturated rings. The number of fused-ring (bicyclic) bond motifs is 2. The molecule has 0 radical (unpaired) electrons. The molecule has 0 aliphatic heterocycles. The van der Waals surface area contributed by atoms with Gasteiger partial charge < -0.3 is 5.32 Å². The van der Waals surface area contributed by atoms with Gasteiger partial charge in [-0.15, -0.1) is 12.4 Å². The Balaban J connectivity index is 0.00000210. The van der Waals surface area contributed by atoms with Crippen LogP contribution in [0.5, 0.6) is 0 Å². The fourth-order valence-electron chi connectivity index (χ4n) is 2.95. The molecule has 0 unspecified atom stereocenters. The highest BCUT2D eigenvalue weighted by molar-refractivity contribution is 7.92. The third kappa shape index (κ3) is 4.13. The molecular weight excluding hydrogens is 382 g/mol. The van der Waals surface area contributed by atoms with Crippen molar-refractivity contribution >= 4 is 61.3 Å². The fourth-order valence-corrected chi connectivity index (χ4v) is 3.52. The summed E-state index contributed by atoms with van der Waals surface area (Å²) < 4.78 is 25.1. The van der Waals surface area contributed by atoms with Gasteiger partial charge in [0.05, 0.1) is 23.0 Å². The van der Waals surface area contributed by atoms with Crippen molar-refractivity contribution in [1.29, 1.82) is 0 Å². The number of nitrogens with one attached hydrogen (secondary N) is 2. The molecular formula is C20H18ClN3O2S. The molecule has 0 atom stereocenters. The zero-order chi connectivity index (χ0) is 18.1. The Labute approximate surface area is 163 Å². The fraction of sp³-hybridized carbons (Fsp3) is 0.0500. The van der Waals surface area contributed by atoms with E-state index in [9.17, 15) is 8.42 Å². The van der Waals surface area contributed by atoms with Crippen LogP contribution in [0.3, 0.4) is 0 Å². The second kappa shape index (κ2) is 7.42. The zero-order valence-corrected chi connectivity index (χ0v) is 16.1. The normalized spacial score (nSPS) is 11.1. The van der Waals surface area contributed by atoms with E-state index in [1.54, 1.807) is 12.1 Å². The van der Waals surface area contributed by atoms with E-state index >= 15 is 0 Å². The molecule has 0 bridgehead atoms. The average Bonchev–Trinajstić information content (AvgIpc) is 2.62. The predicted molar refractivity (Wildman–Crippen MR) is 115 cm³/mol. The maximum Gasteiger partial charge on any atom is 0.229 e. The number of anilines is 3. The summed E-state index contributed by atoms with van der Waals surface area (Å²) in [4.78, 5) is 4.72. The van der Waals surface area contributed by atoms with Gasteiger partial charge in [0, 0.05) is 22.1 Å². The first-order valence-corrected chi connectivity index (χ1v) is 10.0. The second-order valence-electron chi connectivity index (χ2n) is 6.10. The van der Waals surface area contributed by atoms with Crippen LogP contribution < -0.4 is 10.0 Å². The van der Waals surface area contributed by atoms with Gasteiger partial charge in [-0.1, -0.05) is 36.4 Å². The van der Waals surface area contributed by atoms with Gasteiger partial charge in [-0.25, -0.2) is 13.4 Å². The van der Waals surface area contributed by atoms with E-state index in [-0.39, 0.29) is 12.4 Å². The summed E-state index contributed by atoms with van der Waals surface area (Å²) >= 11 is 0. The molecule has 0 spiro atoms. The van der Waals surface area contributed by atoms with Crippen molar-refractivity contribution in [1.82, 2.24) is 4.98 Å². The van der Waals surface area contributed by atoms with Crippen LogP contribution in [0, 0.1) is 0 Å². The molecule has 0 saturated heterocycles. The molecule has 2 N–H and O–H groups in total. The van der Waals surface area contributed by atoms with Gasteiger partial charge in [-0.3, -0.25) is 4.72 Å². The first-order valence-electron chi connectivity index (χ1n) is 8.12. The Morgan fingerprint density at radius 3 is 1.74 bits per heavy atom. The van der Waals surface area contributed by atoms with Crippen molar-refractivity contribution in [2.45, 2.75) is 0 Å². The molecule has 4 aromatic rings. The topological polar surface area (TPSA) is 71.1 Å². The average molecular weight is 400 g/mol. The van der Waals surface area contributed by atoms with Gasteiger partial charge in [-0.2, -0.15) is 0 Å². The van der Waals surface area contributed by atoms with Crippen LogP contribution in [-0.4, -0.2) is 19.7 Å². The third-order valence-electron chi connectivity index (χ3n) is 4.05. The molecule has 5 nitrogen and oxygen atoms in total. The lowest BCUT2D eigenvalue weighted by atomic mass is 10.1. The number of para-hydroxylation sites is 2. The highest BCUT2D eigenvalue weighted by Gasteiger charge is 2.09. The van der Waals surface area contributed by atoms with Gasteiger partial charge in [0.25, 0.3) is 0 Å². The van der Waals surface area contributed by atoms with Crippen molar-refractivity contribution in [3.05, 3.63) is 72.8 Å². The molecule has 0 saturated carbocycles. The largest absolute Gasteiger partial charge is 0.354 e. The van der Waals surface area contributed by atoms with E-state index in [0.29, 0.717) is 5.69 Å². The SMILES string of the molecule is CS(=O)(=O)Nc1ccc(Nc2c3ccccc3nc3ccccc23)cc1.Cl. The standard InChI is InChI=1S/C20H17N3O2S.ClH/c1-26(24,25)23-15-12-10-14(11-13-15)21-20-16-6-2-4-8-18(16)22-19-9-5-3-7-17(19)20;/h2-13,23H,1H3,(H,21,22);1H. The summed E-state index contributed by atoms with van der Waals surface area (Å²) in [5, 5.41) is 5.53. The number of benzene rings is 3. The maximum absolute atomic E-state index is 11.3. The zero-order valence-electron chi connectivity index (χ0n) is 14.5. The van der Waals surface area contributed by atoms with Crippen LogP contribution >= 0.6 is 12.4 Å². The summed E-state index contributed by atoms with van der Waals surface area (Å²) in [6.45, 7) is 0. The first kappa shape index (κ1) is 18.9. The lowest BCUT2D eigenvalue weighted by molar-refractivity contribution is 0.607. The minimum Gasteiger partial charge on any atom is -0.354 e. The van der Waals surface area contributed by atoms with Gasteiger partial charge in [0.2, 0.25) is 10.0 Å². The van der Waals surface area contributed by atoms with Crippen molar-refractivity contribution in [3.63, 3.8) is 0 Å². The highest BCUT2D eigenvalue weighted by Crippen LogP contribution is 2.33. The highest BCUT2D eigenvalue weighted by atomic mass is 35.5. The molecule has 138 valence electrons. The molecule has 7 heteroatoms. The van der Waals surface area contributed by atoms with Gasteiger partial charge in [0.15, 0.2) is 0 Å². The minimum atomic E-state index is -3.29. The number of pyridine rings is 1. The summed E-state index contributed by atoms with van der Waals surface area (Å²) in [5.41, 5.74) is 4.22. The number of hydrogen-bond donors (Lipinski definition) is 2. The first-order chi connectivity index (χ1) is 12.5. The number of rotatable bonds is 4. The van der Waals surface area contributed by atoms with Gasteiger partial charge >= 0.3 is 0 Å². The van der Waals surface area contributed by atoms with Crippen LogP contribution in [-0.2, 0) is 10.0 Å². The third-order valence-corrected chi connectivity index (χ3v) is 4.65. The van der Waals surface area contributed by atoms with E-state index in [4.69, 9.17) is 4.98 Å². The van der Waals surface area contributed by atoms with Crippen molar-refractivity contribution in [2.75, 3.05) is 16.3 Å². The molecule has 1 aromatic heterocycles. The van der Waals surface area contributed by atoms with Crippen molar-refractivity contribution in [3.8, 4) is 0 Å². The Hall–Kier alpha value is -2.83. The lowest BCUT2D eigenvalue weighted by Gasteiger charge is -2.14. The monoisotopic (exact) mass is 399 g/mol. The Morgan fingerprint density at radius 1 is 0.741 bits per heavy atom. The molecule has 1 heterocycles. The van der Waals surface area contributed by atoms with Crippen molar-refractivity contribution < 1.29 is 8.42 Å². The van der Waals surface area contributed by atoms with Gasteiger partial charge in [0.1, 0.15) is 0 Å². The number of aromatic nitrogens is 1.